The van der Waals surface area contributed by atoms with E-state index in [1.807, 2.05) is 31.2 Å². The number of piperazine rings is 1. The molecule has 1 atom stereocenters. The van der Waals surface area contributed by atoms with Crippen LogP contribution in [0.15, 0.2) is 53.0 Å². The molecule has 1 unspecified atom stereocenters. The minimum absolute atomic E-state index is 0.113. The van der Waals surface area contributed by atoms with Crippen LogP contribution in [-0.2, 0) is 0 Å². The standard InChI is InChI=1S/C20H21BrFN3O2/c1-14(15-5-7-17(21)8-6-15)23-20(27)25-11-9-24(10-12-25)19(26)16-3-2-4-18(22)13-16/h2-8,13-14H,9-12H2,1H3,(H,23,27). The zero-order valence-corrected chi connectivity index (χ0v) is 16.6. The predicted octanol–water partition coefficient (Wildman–Crippen LogP) is 3.82. The molecule has 2 aromatic rings. The Labute approximate surface area is 166 Å². The van der Waals surface area contributed by atoms with Gasteiger partial charge in [-0.15, -0.1) is 0 Å². The van der Waals surface area contributed by atoms with Gasteiger partial charge in [-0.2, -0.15) is 0 Å². The molecule has 0 aliphatic carbocycles. The molecule has 27 heavy (non-hydrogen) atoms. The van der Waals surface area contributed by atoms with Crippen LogP contribution < -0.4 is 5.32 Å². The van der Waals surface area contributed by atoms with Gasteiger partial charge in [0.25, 0.3) is 5.91 Å². The zero-order valence-electron chi connectivity index (χ0n) is 15.0. The van der Waals surface area contributed by atoms with E-state index in [1.165, 1.54) is 18.2 Å². The number of carbonyl (C=O) groups excluding carboxylic acids is 2. The average molecular weight is 434 g/mol. The van der Waals surface area contributed by atoms with E-state index >= 15 is 0 Å². The van der Waals surface area contributed by atoms with E-state index in [0.717, 1.165) is 10.0 Å². The van der Waals surface area contributed by atoms with Crippen molar-refractivity contribution in [1.29, 1.82) is 0 Å². The molecule has 3 amide bonds. The Kier molecular flexibility index (Phi) is 6.11. The van der Waals surface area contributed by atoms with Crippen LogP contribution in [0.5, 0.6) is 0 Å². The predicted molar refractivity (Wildman–Crippen MR) is 105 cm³/mol. The third kappa shape index (κ3) is 4.86. The number of benzene rings is 2. The summed E-state index contributed by atoms with van der Waals surface area (Å²) in [5.74, 6) is -0.640. The second kappa shape index (κ2) is 8.52. The number of hydrogen-bond acceptors (Lipinski definition) is 2. The topological polar surface area (TPSA) is 52.7 Å². The molecule has 0 bridgehead atoms. The highest BCUT2D eigenvalue weighted by atomic mass is 79.9. The first kappa shape index (κ1) is 19.4. The van der Waals surface area contributed by atoms with Gasteiger partial charge in [0, 0.05) is 36.2 Å². The van der Waals surface area contributed by atoms with E-state index in [1.54, 1.807) is 15.9 Å². The van der Waals surface area contributed by atoms with Crippen LogP contribution in [0.1, 0.15) is 28.9 Å². The molecule has 0 aromatic heterocycles. The third-order valence-electron chi connectivity index (χ3n) is 4.64. The van der Waals surface area contributed by atoms with Gasteiger partial charge < -0.3 is 15.1 Å². The SMILES string of the molecule is CC(NC(=O)N1CCN(C(=O)c2cccc(F)c2)CC1)c1ccc(Br)cc1. The van der Waals surface area contributed by atoms with Crippen molar-refractivity contribution in [1.82, 2.24) is 15.1 Å². The van der Waals surface area contributed by atoms with Gasteiger partial charge >= 0.3 is 6.03 Å². The molecule has 3 rings (SSSR count). The molecule has 2 aromatic carbocycles. The first-order valence-corrected chi connectivity index (χ1v) is 9.59. The maximum Gasteiger partial charge on any atom is 0.317 e. The van der Waals surface area contributed by atoms with E-state index in [4.69, 9.17) is 0 Å². The van der Waals surface area contributed by atoms with Crippen LogP contribution in [-0.4, -0.2) is 47.9 Å². The largest absolute Gasteiger partial charge is 0.335 e. The van der Waals surface area contributed by atoms with Gasteiger partial charge in [-0.05, 0) is 42.8 Å². The van der Waals surface area contributed by atoms with Gasteiger partial charge in [0.05, 0.1) is 6.04 Å². The first-order valence-electron chi connectivity index (χ1n) is 8.80. The number of carbonyl (C=O) groups is 2. The van der Waals surface area contributed by atoms with Crippen molar-refractivity contribution in [2.75, 3.05) is 26.2 Å². The van der Waals surface area contributed by atoms with Crippen molar-refractivity contribution in [3.8, 4) is 0 Å². The molecule has 0 saturated carbocycles. The van der Waals surface area contributed by atoms with Crippen LogP contribution in [0.4, 0.5) is 9.18 Å². The number of halogens is 2. The van der Waals surface area contributed by atoms with Crippen molar-refractivity contribution in [3.63, 3.8) is 0 Å². The van der Waals surface area contributed by atoms with Gasteiger partial charge in [-0.25, -0.2) is 9.18 Å². The van der Waals surface area contributed by atoms with Crippen LogP contribution in [0, 0.1) is 5.82 Å². The lowest BCUT2D eigenvalue weighted by atomic mass is 10.1. The van der Waals surface area contributed by atoms with Crippen LogP contribution in [0.2, 0.25) is 0 Å². The average Bonchev–Trinajstić information content (AvgIpc) is 2.68. The Hall–Kier alpha value is -2.41. The molecule has 1 fully saturated rings. The fraction of sp³-hybridized carbons (Fsp3) is 0.300. The van der Waals surface area contributed by atoms with Crippen molar-refractivity contribution < 1.29 is 14.0 Å². The van der Waals surface area contributed by atoms with Crippen LogP contribution in [0.3, 0.4) is 0 Å². The summed E-state index contributed by atoms with van der Waals surface area (Å²) in [4.78, 5) is 28.3. The lowest BCUT2D eigenvalue weighted by Gasteiger charge is -2.35. The zero-order chi connectivity index (χ0) is 19.4. The second-order valence-electron chi connectivity index (χ2n) is 6.51. The molecule has 1 aliphatic rings. The van der Waals surface area contributed by atoms with Gasteiger partial charge in [0.2, 0.25) is 0 Å². The lowest BCUT2D eigenvalue weighted by Crippen LogP contribution is -2.53. The molecule has 1 N–H and O–H groups in total. The van der Waals surface area contributed by atoms with Gasteiger partial charge in [0.1, 0.15) is 5.82 Å². The molecular formula is C20H21BrFN3O2. The summed E-state index contributed by atoms with van der Waals surface area (Å²) >= 11 is 3.40. The van der Waals surface area contributed by atoms with E-state index < -0.39 is 5.82 Å². The number of rotatable bonds is 3. The van der Waals surface area contributed by atoms with E-state index in [2.05, 4.69) is 21.2 Å². The number of hydrogen-bond donors (Lipinski definition) is 1. The summed E-state index contributed by atoms with van der Waals surface area (Å²) in [7, 11) is 0. The number of nitrogens with zero attached hydrogens (tertiary/aromatic N) is 2. The summed E-state index contributed by atoms with van der Waals surface area (Å²) in [6.07, 6.45) is 0. The van der Waals surface area contributed by atoms with Gasteiger partial charge in [0.15, 0.2) is 0 Å². The van der Waals surface area contributed by atoms with E-state index in [9.17, 15) is 14.0 Å². The molecule has 0 radical (unpaired) electrons. The lowest BCUT2D eigenvalue weighted by molar-refractivity contribution is 0.0663. The third-order valence-corrected chi connectivity index (χ3v) is 5.16. The van der Waals surface area contributed by atoms with E-state index in [0.29, 0.717) is 31.7 Å². The molecule has 7 heteroatoms. The number of urea groups is 1. The summed E-state index contributed by atoms with van der Waals surface area (Å²) < 4.78 is 14.3. The van der Waals surface area contributed by atoms with Crippen LogP contribution >= 0.6 is 15.9 Å². The smallest absolute Gasteiger partial charge is 0.317 e. The molecule has 1 heterocycles. The van der Waals surface area contributed by atoms with Crippen molar-refractivity contribution in [2.45, 2.75) is 13.0 Å². The highest BCUT2D eigenvalue weighted by Crippen LogP contribution is 2.17. The molecule has 1 aliphatic heterocycles. The first-order chi connectivity index (χ1) is 12.9. The molecule has 1 saturated heterocycles. The quantitative estimate of drug-likeness (QED) is 0.799. The maximum absolute atomic E-state index is 13.3. The maximum atomic E-state index is 13.3. The Morgan fingerprint density at radius 3 is 2.30 bits per heavy atom. The summed E-state index contributed by atoms with van der Waals surface area (Å²) in [6, 6.07) is 13.2. The van der Waals surface area contributed by atoms with Crippen molar-refractivity contribution in [2.24, 2.45) is 0 Å². The van der Waals surface area contributed by atoms with Crippen molar-refractivity contribution >= 4 is 27.9 Å². The Morgan fingerprint density at radius 1 is 1.04 bits per heavy atom. The van der Waals surface area contributed by atoms with Crippen molar-refractivity contribution in [3.05, 3.63) is 69.9 Å². The van der Waals surface area contributed by atoms with E-state index in [-0.39, 0.29) is 18.0 Å². The summed E-state index contributed by atoms with van der Waals surface area (Å²) in [5, 5.41) is 2.99. The monoisotopic (exact) mass is 433 g/mol. The Morgan fingerprint density at radius 2 is 1.67 bits per heavy atom. The normalized spacial score (nSPS) is 15.4. The highest BCUT2D eigenvalue weighted by Gasteiger charge is 2.25. The molecule has 142 valence electrons. The molecule has 5 nitrogen and oxygen atoms in total. The minimum Gasteiger partial charge on any atom is -0.335 e. The molecular weight excluding hydrogens is 413 g/mol. The van der Waals surface area contributed by atoms with Gasteiger partial charge in [-0.3, -0.25) is 4.79 Å². The fourth-order valence-electron chi connectivity index (χ4n) is 3.03. The fourth-order valence-corrected chi connectivity index (χ4v) is 3.29. The van der Waals surface area contributed by atoms with Gasteiger partial charge in [-0.1, -0.05) is 34.1 Å². The summed E-state index contributed by atoms with van der Waals surface area (Å²) in [5.41, 5.74) is 1.35. The Balaban J connectivity index is 1.53. The molecule has 0 spiro atoms. The van der Waals surface area contributed by atoms with Crippen LogP contribution in [0.25, 0.3) is 0 Å². The highest BCUT2D eigenvalue weighted by molar-refractivity contribution is 9.10. The number of nitrogens with one attached hydrogen (secondary N) is 1. The number of amides is 3. The Bertz CT molecular complexity index is 820. The summed E-state index contributed by atoms with van der Waals surface area (Å²) in [6.45, 7) is 3.68. The minimum atomic E-state index is -0.430. The second-order valence-corrected chi connectivity index (χ2v) is 7.43.